The second-order valence-corrected chi connectivity index (χ2v) is 4.74. The van der Waals surface area contributed by atoms with E-state index >= 15 is 0 Å². The molecule has 1 aliphatic heterocycles. The van der Waals surface area contributed by atoms with E-state index in [1.54, 1.807) is 0 Å². The van der Waals surface area contributed by atoms with Gasteiger partial charge in [-0.3, -0.25) is 0 Å². The number of halogens is 5. The molecule has 0 bridgehead atoms. The Morgan fingerprint density at radius 3 is 2.10 bits per heavy atom. The lowest BCUT2D eigenvalue weighted by Gasteiger charge is -2.38. The Balaban J connectivity index is 2.49. The number of alkyl halides is 5. The van der Waals surface area contributed by atoms with Crippen molar-refractivity contribution in [2.24, 2.45) is 0 Å². The molecule has 0 aromatic heterocycles. The van der Waals surface area contributed by atoms with E-state index in [0.717, 1.165) is 0 Å². The molecule has 0 saturated carbocycles. The van der Waals surface area contributed by atoms with Crippen LogP contribution in [0.1, 0.15) is 18.4 Å². The number of ether oxygens (including phenoxy) is 1. The van der Waals surface area contributed by atoms with Gasteiger partial charge in [0.15, 0.2) is 0 Å². The fraction of sp³-hybridized carbons (Fsp3) is 0.538. The van der Waals surface area contributed by atoms with Crippen molar-refractivity contribution in [2.75, 3.05) is 13.7 Å². The van der Waals surface area contributed by atoms with Gasteiger partial charge in [-0.15, -0.1) is 0 Å². The predicted molar refractivity (Wildman–Crippen MR) is 62.9 cm³/mol. The van der Waals surface area contributed by atoms with E-state index in [0.29, 0.717) is 5.75 Å². The van der Waals surface area contributed by atoms with Crippen LogP contribution in [-0.2, 0) is 5.54 Å². The number of benzene rings is 1. The minimum absolute atomic E-state index is 0.0851. The molecule has 1 aromatic rings. The summed E-state index contributed by atoms with van der Waals surface area (Å²) in [6, 6.07) is 5.25. The van der Waals surface area contributed by atoms with Crippen molar-refractivity contribution in [3.63, 3.8) is 0 Å². The number of methoxy groups -OCH3 is 1. The Morgan fingerprint density at radius 2 is 1.70 bits per heavy atom. The molecule has 1 atom stereocenters. The molecule has 2 nitrogen and oxygen atoms in total. The molecule has 0 aliphatic carbocycles. The molecule has 0 amide bonds. The van der Waals surface area contributed by atoms with E-state index < -0.39 is 17.6 Å². The highest BCUT2D eigenvalue weighted by molar-refractivity contribution is 5.35. The van der Waals surface area contributed by atoms with Gasteiger partial charge >= 0.3 is 12.1 Å². The van der Waals surface area contributed by atoms with Crippen LogP contribution in [0.5, 0.6) is 5.75 Å². The lowest BCUT2D eigenvalue weighted by atomic mass is 9.81. The summed E-state index contributed by atoms with van der Waals surface area (Å²) in [6.45, 7) is 0.123. The maximum atomic E-state index is 13.9. The van der Waals surface area contributed by atoms with Gasteiger partial charge in [0.1, 0.15) is 11.3 Å². The van der Waals surface area contributed by atoms with Gasteiger partial charge in [-0.05, 0) is 37.1 Å². The van der Waals surface area contributed by atoms with Crippen molar-refractivity contribution >= 4 is 0 Å². The summed E-state index contributed by atoms with van der Waals surface area (Å²) in [5, 5.41) is 2.36. The predicted octanol–water partition coefficient (Wildman–Crippen LogP) is 3.47. The number of nitrogens with one attached hydrogen (secondary N) is 1. The standard InChI is InChI=1S/C13H14F5NO/c1-20-10-5-3-9(4-6-10)11(7-2-8-19-11)12(14,15)13(16,17)18/h3-6,19H,2,7-8H2,1H3/t11-/m1/s1. The minimum atomic E-state index is -5.61. The summed E-state index contributed by atoms with van der Waals surface area (Å²) < 4.78 is 71.0. The van der Waals surface area contributed by atoms with Gasteiger partial charge in [-0.25, -0.2) is 0 Å². The summed E-state index contributed by atoms with van der Waals surface area (Å²) in [6.07, 6.45) is -5.62. The second kappa shape index (κ2) is 4.87. The van der Waals surface area contributed by atoms with E-state index in [9.17, 15) is 22.0 Å². The normalized spacial score (nSPS) is 23.9. The molecule has 2 rings (SSSR count). The largest absolute Gasteiger partial charge is 0.497 e. The molecule has 112 valence electrons. The Morgan fingerprint density at radius 1 is 1.10 bits per heavy atom. The second-order valence-electron chi connectivity index (χ2n) is 4.74. The fourth-order valence-corrected chi connectivity index (χ4v) is 2.56. The van der Waals surface area contributed by atoms with Crippen LogP contribution in [0, 0.1) is 0 Å². The monoisotopic (exact) mass is 295 g/mol. The van der Waals surface area contributed by atoms with Gasteiger partial charge in [0, 0.05) is 0 Å². The average Bonchev–Trinajstić information content (AvgIpc) is 2.88. The van der Waals surface area contributed by atoms with Gasteiger partial charge in [0.2, 0.25) is 0 Å². The molecule has 7 heteroatoms. The van der Waals surface area contributed by atoms with Crippen molar-refractivity contribution in [3.8, 4) is 5.75 Å². The first-order valence-electron chi connectivity index (χ1n) is 6.09. The van der Waals surface area contributed by atoms with Crippen LogP contribution in [0.2, 0.25) is 0 Å². The molecule has 20 heavy (non-hydrogen) atoms. The maximum Gasteiger partial charge on any atom is 0.455 e. The summed E-state index contributed by atoms with van der Waals surface area (Å²) in [7, 11) is 1.39. The first kappa shape index (κ1) is 15.0. The minimum Gasteiger partial charge on any atom is -0.497 e. The molecule has 1 heterocycles. The topological polar surface area (TPSA) is 21.3 Å². The van der Waals surface area contributed by atoms with Gasteiger partial charge in [-0.1, -0.05) is 12.1 Å². The molecular formula is C13H14F5NO. The van der Waals surface area contributed by atoms with Crippen LogP contribution >= 0.6 is 0 Å². The van der Waals surface area contributed by atoms with Crippen LogP contribution in [0.4, 0.5) is 22.0 Å². The molecule has 0 radical (unpaired) electrons. The summed E-state index contributed by atoms with van der Waals surface area (Å²) in [4.78, 5) is 0. The van der Waals surface area contributed by atoms with E-state index in [2.05, 4.69) is 5.32 Å². The third-order valence-electron chi connectivity index (χ3n) is 3.63. The first-order valence-corrected chi connectivity index (χ1v) is 6.09. The highest BCUT2D eigenvalue weighted by Crippen LogP contribution is 2.52. The highest BCUT2D eigenvalue weighted by atomic mass is 19.4. The first-order chi connectivity index (χ1) is 9.24. The van der Waals surface area contributed by atoms with Gasteiger partial charge < -0.3 is 10.1 Å². The Labute approximate surface area is 112 Å². The van der Waals surface area contributed by atoms with E-state index in [-0.39, 0.29) is 24.9 Å². The van der Waals surface area contributed by atoms with Crippen LogP contribution in [0.25, 0.3) is 0 Å². The SMILES string of the molecule is COc1ccc([C@@]2(C(F)(F)C(F)(F)F)CCCN2)cc1. The van der Waals surface area contributed by atoms with Crippen LogP contribution in [-0.4, -0.2) is 25.8 Å². The lowest BCUT2D eigenvalue weighted by molar-refractivity contribution is -0.312. The van der Waals surface area contributed by atoms with Crippen molar-refractivity contribution in [3.05, 3.63) is 29.8 Å². The molecule has 1 N–H and O–H groups in total. The zero-order valence-electron chi connectivity index (χ0n) is 10.7. The summed E-state index contributed by atoms with van der Waals surface area (Å²) >= 11 is 0. The molecule has 1 aliphatic rings. The smallest absolute Gasteiger partial charge is 0.455 e. The molecule has 1 fully saturated rings. The zero-order chi connectivity index (χ0) is 15.0. The summed E-state index contributed by atoms with van der Waals surface area (Å²) in [5.41, 5.74) is -2.49. The molecule has 1 saturated heterocycles. The maximum absolute atomic E-state index is 13.9. The van der Waals surface area contributed by atoms with Crippen molar-refractivity contribution in [1.29, 1.82) is 0 Å². The third kappa shape index (κ3) is 2.13. The Hall–Kier alpha value is -1.37. The van der Waals surface area contributed by atoms with Gasteiger partial charge in [-0.2, -0.15) is 22.0 Å². The quantitative estimate of drug-likeness (QED) is 0.862. The van der Waals surface area contributed by atoms with E-state index in [4.69, 9.17) is 4.74 Å². The lowest BCUT2D eigenvalue weighted by Crippen LogP contribution is -2.59. The van der Waals surface area contributed by atoms with Gasteiger partial charge in [0.25, 0.3) is 0 Å². The van der Waals surface area contributed by atoms with Gasteiger partial charge in [0.05, 0.1) is 7.11 Å². The van der Waals surface area contributed by atoms with E-state index in [1.165, 1.54) is 31.4 Å². The van der Waals surface area contributed by atoms with Crippen LogP contribution < -0.4 is 10.1 Å². The third-order valence-corrected chi connectivity index (χ3v) is 3.63. The number of hydrogen-bond acceptors (Lipinski definition) is 2. The molecular weight excluding hydrogens is 281 g/mol. The highest BCUT2D eigenvalue weighted by Gasteiger charge is 2.71. The molecule has 0 unspecified atom stereocenters. The van der Waals surface area contributed by atoms with Crippen molar-refractivity contribution in [1.82, 2.24) is 5.32 Å². The number of rotatable bonds is 3. The van der Waals surface area contributed by atoms with Crippen LogP contribution in [0.3, 0.4) is 0 Å². The Kier molecular flexibility index (Phi) is 3.66. The fourth-order valence-electron chi connectivity index (χ4n) is 2.56. The zero-order valence-corrected chi connectivity index (χ0v) is 10.7. The molecule has 1 aromatic carbocycles. The van der Waals surface area contributed by atoms with Crippen LogP contribution in [0.15, 0.2) is 24.3 Å². The van der Waals surface area contributed by atoms with Crippen molar-refractivity contribution in [2.45, 2.75) is 30.5 Å². The van der Waals surface area contributed by atoms with Crippen molar-refractivity contribution < 1.29 is 26.7 Å². The Bertz CT molecular complexity index is 463. The summed E-state index contributed by atoms with van der Waals surface area (Å²) in [5.74, 6) is -4.44. The number of hydrogen-bond donors (Lipinski definition) is 1. The average molecular weight is 295 g/mol. The molecule has 0 spiro atoms. The van der Waals surface area contributed by atoms with E-state index in [1.807, 2.05) is 0 Å².